The van der Waals surface area contributed by atoms with Gasteiger partial charge in [0.25, 0.3) is 0 Å². The second kappa shape index (κ2) is 6.98. The van der Waals surface area contributed by atoms with E-state index in [2.05, 4.69) is 22.6 Å². The lowest BCUT2D eigenvalue weighted by Gasteiger charge is -2.35. The van der Waals surface area contributed by atoms with Crippen LogP contribution in [-0.2, 0) is 14.2 Å². The lowest BCUT2D eigenvalue weighted by Crippen LogP contribution is -2.41. The van der Waals surface area contributed by atoms with Gasteiger partial charge in [0.2, 0.25) is 0 Å². The quantitative estimate of drug-likeness (QED) is 0.426. The van der Waals surface area contributed by atoms with E-state index in [0.717, 1.165) is 50.1 Å². The van der Waals surface area contributed by atoms with Crippen molar-refractivity contribution in [1.29, 1.82) is 0 Å². The first-order chi connectivity index (χ1) is 6.83. The Morgan fingerprint density at radius 3 is 2.57 bits per heavy atom. The van der Waals surface area contributed by atoms with Crippen LogP contribution in [0.15, 0.2) is 0 Å². The van der Waals surface area contributed by atoms with Gasteiger partial charge < -0.3 is 14.2 Å². The molecule has 1 saturated heterocycles. The molecular weight excluding hydrogens is 295 g/mol. The zero-order valence-corrected chi connectivity index (χ0v) is 10.9. The van der Waals surface area contributed by atoms with E-state index in [1.54, 1.807) is 7.11 Å². The van der Waals surface area contributed by atoms with Gasteiger partial charge in [0.15, 0.2) is 0 Å². The lowest BCUT2D eigenvalue weighted by atomic mass is 9.97. The van der Waals surface area contributed by atoms with Gasteiger partial charge in [0, 0.05) is 50.8 Å². The highest BCUT2D eigenvalue weighted by atomic mass is 127. The fraction of sp³-hybridized carbons (Fsp3) is 1.00. The molecule has 0 unspecified atom stereocenters. The van der Waals surface area contributed by atoms with E-state index in [1.807, 2.05) is 0 Å². The van der Waals surface area contributed by atoms with Crippen LogP contribution in [0.4, 0.5) is 0 Å². The predicted octanol–water partition coefficient (Wildman–Crippen LogP) is 2.02. The van der Waals surface area contributed by atoms with Crippen molar-refractivity contribution in [2.45, 2.75) is 24.9 Å². The molecule has 0 aromatic heterocycles. The molecular formula is C10H19IO3. The number of hydrogen-bond donors (Lipinski definition) is 0. The summed E-state index contributed by atoms with van der Waals surface area (Å²) in [4.78, 5) is 0. The Bertz CT molecular complexity index is 146. The van der Waals surface area contributed by atoms with Crippen LogP contribution >= 0.6 is 22.6 Å². The van der Waals surface area contributed by atoms with Crippen molar-refractivity contribution in [3.63, 3.8) is 0 Å². The second-order valence-electron chi connectivity index (χ2n) is 3.62. The highest BCUT2D eigenvalue weighted by Gasteiger charge is 2.32. The summed E-state index contributed by atoms with van der Waals surface area (Å²) in [6.45, 7) is 3.27. The van der Waals surface area contributed by atoms with Crippen molar-refractivity contribution in [1.82, 2.24) is 0 Å². The SMILES string of the molecule is COCCCOC1(CI)CCOCC1. The van der Waals surface area contributed by atoms with Crippen molar-refractivity contribution in [2.24, 2.45) is 0 Å². The average molecular weight is 314 g/mol. The average Bonchev–Trinajstić information content (AvgIpc) is 2.26. The molecule has 0 aliphatic carbocycles. The molecule has 0 atom stereocenters. The maximum atomic E-state index is 5.95. The molecule has 1 aliphatic rings. The third kappa shape index (κ3) is 4.00. The Kier molecular flexibility index (Phi) is 6.32. The van der Waals surface area contributed by atoms with E-state index in [4.69, 9.17) is 14.2 Å². The molecule has 0 amide bonds. The van der Waals surface area contributed by atoms with E-state index in [0.29, 0.717) is 0 Å². The van der Waals surface area contributed by atoms with Gasteiger partial charge in [-0.1, -0.05) is 22.6 Å². The maximum absolute atomic E-state index is 5.95. The first kappa shape index (κ1) is 12.7. The molecule has 0 N–H and O–H groups in total. The molecule has 0 aromatic rings. The lowest BCUT2D eigenvalue weighted by molar-refractivity contribution is -0.0968. The molecule has 0 radical (unpaired) electrons. The monoisotopic (exact) mass is 314 g/mol. The van der Waals surface area contributed by atoms with Crippen LogP contribution in [-0.4, -0.2) is 43.6 Å². The third-order valence-electron chi connectivity index (χ3n) is 2.55. The number of alkyl halides is 1. The topological polar surface area (TPSA) is 27.7 Å². The number of methoxy groups -OCH3 is 1. The Hall–Kier alpha value is 0.610. The van der Waals surface area contributed by atoms with E-state index in [-0.39, 0.29) is 5.60 Å². The van der Waals surface area contributed by atoms with Crippen LogP contribution in [0.25, 0.3) is 0 Å². The zero-order chi connectivity index (χ0) is 10.3. The highest BCUT2D eigenvalue weighted by Crippen LogP contribution is 2.27. The maximum Gasteiger partial charge on any atom is 0.0815 e. The molecule has 1 heterocycles. The Morgan fingerprint density at radius 2 is 2.00 bits per heavy atom. The van der Waals surface area contributed by atoms with Crippen molar-refractivity contribution in [2.75, 3.05) is 38.0 Å². The number of hydrogen-bond acceptors (Lipinski definition) is 3. The van der Waals surface area contributed by atoms with Gasteiger partial charge >= 0.3 is 0 Å². The summed E-state index contributed by atoms with van der Waals surface area (Å²) in [6.07, 6.45) is 3.04. The molecule has 0 aromatic carbocycles. The molecule has 4 heteroatoms. The minimum Gasteiger partial charge on any atom is -0.385 e. The van der Waals surface area contributed by atoms with Crippen molar-refractivity contribution in [3.8, 4) is 0 Å². The molecule has 14 heavy (non-hydrogen) atoms. The van der Waals surface area contributed by atoms with Crippen LogP contribution in [0.3, 0.4) is 0 Å². The predicted molar refractivity (Wildman–Crippen MR) is 64.1 cm³/mol. The minimum atomic E-state index is 0.0759. The Morgan fingerprint density at radius 1 is 1.29 bits per heavy atom. The summed E-state index contributed by atoms with van der Waals surface area (Å²) < 4.78 is 17.3. The van der Waals surface area contributed by atoms with E-state index in [9.17, 15) is 0 Å². The second-order valence-corrected chi connectivity index (χ2v) is 4.39. The van der Waals surface area contributed by atoms with Crippen LogP contribution in [0.5, 0.6) is 0 Å². The van der Waals surface area contributed by atoms with Gasteiger partial charge in [-0.25, -0.2) is 0 Å². The largest absolute Gasteiger partial charge is 0.385 e. The smallest absolute Gasteiger partial charge is 0.0815 e. The van der Waals surface area contributed by atoms with Gasteiger partial charge in [-0.2, -0.15) is 0 Å². The summed E-state index contributed by atoms with van der Waals surface area (Å²) in [5, 5.41) is 0. The molecule has 1 rings (SSSR count). The molecule has 1 fully saturated rings. The number of rotatable bonds is 6. The van der Waals surface area contributed by atoms with Gasteiger partial charge in [-0.05, 0) is 6.42 Å². The van der Waals surface area contributed by atoms with Gasteiger partial charge in [-0.15, -0.1) is 0 Å². The standard InChI is InChI=1S/C10H19IO3/c1-12-5-2-6-14-10(9-11)3-7-13-8-4-10/h2-9H2,1H3. The molecule has 0 spiro atoms. The number of halogens is 1. The van der Waals surface area contributed by atoms with E-state index in [1.165, 1.54) is 0 Å². The fourth-order valence-corrected chi connectivity index (χ4v) is 2.53. The zero-order valence-electron chi connectivity index (χ0n) is 8.76. The van der Waals surface area contributed by atoms with Crippen molar-refractivity contribution < 1.29 is 14.2 Å². The molecule has 3 nitrogen and oxygen atoms in total. The first-order valence-electron chi connectivity index (χ1n) is 5.09. The van der Waals surface area contributed by atoms with Gasteiger partial charge in [0.05, 0.1) is 5.60 Å². The summed E-state index contributed by atoms with van der Waals surface area (Å²) in [5.41, 5.74) is 0.0759. The fourth-order valence-electron chi connectivity index (χ4n) is 1.55. The van der Waals surface area contributed by atoms with E-state index < -0.39 is 0 Å². The van der Waals surface area contributed by atoms with E-state index >= 15 is 0 Å². The highest BCUT2D eigenvalue weighted by molar-refractivity contribution is 14.1. The van der Waals surface area contributed by atoms with Crippen molar-refractivity contribution >= 4 is 22.6 Å². The van der Waals surface area contributed by atoms with Crippen LogP contribution in [0.1, 0.15) is 19.3 Å². The summed E-state index contributed by atoms with van der Waals surface area (Å²) >= 11 is 2.41. The summed E-state index contributed by atoms with van der Waals surface area (Å²) in [5.74, 6) is 0. The normalized spacial score (nSPS) is 21.0. The van der Waals surface area contributed by atoms with Gasteiger partial charge in [0.1, 0.15) is 0 Å². The molecule has 84 valence electrons. The summed E-state index contributed by atoms with van der Waals surface area (Å²) in [7, 11) is 1.72. The van der Waals surface area contributed by atoms with Crippen LogP contribution in [0.2, 0.25) is 0 Å². The third-order valence-corrected chi connectivity index (χ3v) is 3.94. The number of ether oxygens (including phenoxy) is 3. The summed E-state index contributed by atoms with van der Waals surface area (Å²) in [6, 6.07) is 0. The molecule has 1 aliphatic heterocycles. The van der Waals surface area contributed by atoms with Crippen LogP contribution < -0.4 is 0 Å². The van der Waals surface area contributed by atoms with Crippen molar-refractivity contribution in [3.05, 3.63) is 0 Å². The Balaban J connectivity index is 2.22. The molecule has 0 bridgehead atoms. The first-order valence-corrected chi connectivity index (χ1v) is 6.62. The molecule has 0 saturated carbocycles. The van der Waals surface area contributed by atoms with Crippen LogP contribution in [0, 0.1) is 0 Å². The Labute approximate surface area is 99.6 Å². The minimum absolute atomic E-state index is 0.0759. The van der Waals surface area contributed by atoms with Gasteiger partial charge in [-0.3, -0.25) is 0 Å².